The van der Waals surface area contributed by atoms with Crippen molar-refractivity contribution in [3.05, 3.63) is 52.6 Å². The largest absolute Gasteiger partial charge is 0.472 e. The lowest BCUT2D eigenvalue weighted by Crippen LogP contribution is -2.34. The Balaban J connectivity index is 1.53. The predicted octanol–water partition coefficient (Wildman–Crippen LogP) is 3.84. The standard InChI is InChI=1S/C17H18BrN3O2/c1-12-2-5-14(6-3-12)20-17(22)21-9-8-15(11-21)23-16-7-4-13(18)10-19-16/h2-7,10,15H,8-9,11H2,1H3,(H,20,22). The van der Waals surface area contributed by atoms with Crippen LogP contribution >= 0.6 is 15.9 Å². The summed E-state index contributed by atoms with van der Waals surface area (Å²) < 4.78 is 6.74. The number of aryl methyl sites for hydroxylation is 1. The highest BCUT2D eigenvalue weighted by Crippen LogP contribution is 2.19. The predicted molar refractivity (Wildman–Crippen MR) is 92.7 cm³/mol. The number of nitrogens with zero attached hydrogens (tertiary/aromatic N) is 2. The molecule has 5 nitrogen and oxygen atoms in total. The Labute approximate surface area is 143 Å². The average Bonchev–Trinajstić information content (AvgIpc) is 3.00. The van der Waals surface area contributed by atoms with Crippen LogP contribution in [0.1, 0.15) is 12.0 Å². The van der Waals surface area contributed by atoms with Crippen molar-refractivity contribution in [1.29, 1.82) is 0 Å². The van der Waals surface area contributed by atoms with E-state index in [9.17, 15) is 4.79 Å². The van der Waals surface area contributed by atoms with Crippen LogP contribution in [0.3, 0.4) is 0 Å². The molecule has 1 N–H and O–H groups in total. The molecule has 1 aromatic carbocycles. The molecule has 1 aliphatic heterocycles. The summed E-state index contributed by atoms with van der Waals surface area (Å²) in [5, 5.41) is 2.91. The van der Waals surface area contributed by atoms with Crippen LogP contribution in [0.2, 0.25) is 0 Å². The van der Waals surface area contributed by atoms with Crippen LogP contribution in [-0.2, 0) is 0 Å². The van der Waals surface area contributed by atoms with Gasteiger partial charge in [-0.15, -0.1) is 0 Å². The molecule has 0 saturated carbocycles. The Morgan fingerprint density at radius 1 is 1.30 bits per heavy atom. The molecule has 2 aromatic rings. The highest BCUT2D eigenvalue weighted by atomic mass is 79.9. The van der Waals surface area contributed by atoms with Crippen LogP contribution in [0.4, 0.5) is 10.5 Å². The number of hydrogen-bond acceptors (Lipinski definition) is 3. The van der Waals surface area contributed by atoms with Crippen molar-refractivity contribution in [2.75, 3.05) is 18.4 Å². The molecule has 6 heteroatoms. The maximum absolute atomic E-state index is 12.3. The number of anilines is 1. The lowest BCUT2D eigenvalue weighted by atomic mass is 10.2. The molecule has 1 unspecified atom stereocenters. The topological polar surface area (TPSA) is 54.5 Å². The van der Waals surface area contributed by atoms with Crippen LogP contribution < -0.4 is 10.1 Å². The van der Waals surface area contributed by atoms with E-state index in [1.54, 1.807) is 11.1 Å². The van der Waals surface area contributed by atoms with E-state index in [2.05, 4.69) is 26.2 Å². The zero-order valence-corrected chi connectivity index (χ0v) is 14.4. The van der Waals surface area contributed by atoms with E-state index in [-0.39, 0.29) is 12.1 Å². The summed E-state index contributed by atoms with van der Waals surface area (Å²) >= 11 is 3.34. The molecule has 1 fully saturated rings. The monoisotopic (exact) mass is 375 g/mol. The Hall–Kier alpha value is -2.08. The van der Waals surface area contributed by atoms with Gasteiger partial charge in [-0.1, -0.05) is 17.7 Å². The van der Waals surface area contributed by atoms with Crippen molar-refractivity contribution in [1.82, 2.24) is 9.88 Å². The number of likely N-dealkylation sites (tertiary alicyclic amines) is 1. The maximum atomic E-state index is 12.3. The molecule has 1 aliphatic rings. The summed E-state index contributed by atoms with van der Waals surface area (Å²) in [6, 6.07) is 11.4. The summed E-state index contributed by atoms with van der Waals surface area (Å²) in [6.45, 7) is 3.26. The first-order valence-electron chi connectivity index (χ1n) is 7.51. The van der Waals surface area contributed by atoms with Crippen LogP contribution in [-0.4, -0.2) is 35.1 Å². The average molecular weight is 376 g/mol. The quantitative estimate of drug-likeness (QED) is 0.886. The van der Waals surface area contributed by atoms with Gasteiger partial charge < -0.3 is 15.0 Å². The Morgan fingerprint density at radius 3 is 2.78 bits per heavy atom. The molecule has 2 heterocycles. The molecule has 120 valence electrons. The van der Waals surface area contributed by atoms with Gasteiger partial charge >= 0.3 is 6.03 Å². The normalized spacial score (nSPS) is 17.1. The fraction of sp³-hybridized carbons (Fsp3) is 0.294. The fourth-order valence-electron chi connectivity index (χ4n) is 2.45. The van der Waals surface area contributed by atoms with Gasteiger partial charge in [0.25, 0.3) is 0 Å². The third kappa shape index (κ3) is 4.22. The molecule has 0 bridgehead atoms. The first kappa shape index (κ1) is 15.8. The smallest absolute Gasteiger partial charge is 0.321 e. The molecule has 1 atom stereocenters. The minimum absolute atomic E-state index is 0.0209. The number of halogens is 1. The number of aromatic nitrogens is 1. The number of rotatable bonds is 3. The number of carbonyl (C=O) groups is 1. The van der Waals surface area contributed by atoms with Crippen molar-refractivity contribution < 1.29 is 9.53 Å². The Kier molecular flexibility index (Phi) is 4.81. The molecule has 0 aliphatic carbocycles. The zero-order chi connectivity index (χ0) is 16.2. The summed E-state index contributed by atoms with van der Waals surface area (Å²) in [6.07, 6.45) is 2.48. The molecular weight excluding hydrogens is 358 g/mol. The second kappa shape index (κ2) is 7.00. The van der Waals surface area contributed by atoms with Crippen molar-refractivity contribution in [3.8, 4) is 5.88 Å². The van der Waals surface area contributed by atoms with E-state index >= 15 is 0 Å². The highest BCUT2D eigenvalue weighted by molar-refractivity contribution is 9.10. The van der Waals surface area contributed by atoms with Crippen molar-refractivity contribution in [2.24, 2.45) is 0 Å². The van der Waals surface area contributed by atoms with E-state index < -0.39 is 0 Å². The number of ether oxygens (including phenoxy) is 1. The molecule has 0 radical (unpaired) electrons. The van der Waals surface area contributed by atoms with Gasteiger partial charge in [0, 0.05) is 35.4 Å². The molecule has 23 heavy (non-hydrogen) atoms. The number of carbonyl (C=O) groups excluding carboxylic acids is 1. The van der Waals surface area contributed by atoms with Crippen LogP contribution in [0.5, 0.6) is 5.88 Å². The first-order valence-corrected chi connectivity index (χ1v) is 8.30. The highest BCUT2D eigenvalue weighted by Gasteiger charge is 2.27. The van der Waals surface area contributed by atoms with E-state index in [0.717, 1.165) is 16.6 Å². The van der Waals surface area contributed by atoms with Crippen LogP contribution in [0.15, 0.2) is 47.1 Å². The van der Waals surface area contributed by atoms with Crippen molar-refractivity contribution in [3.63, 3.8) is 0 Å². The lowest BCUT2D eigenvalue weighted by Gasteiger charge is -2.17. The number of nitrogens with one attached hydrogen (secondary N) is 1. The summed E-state index contributed by atoms with van der Waals surface area (Å²) in [5.74, 6) is 0.582. The number of amides is 2. The molecule has 1 saturated heterocycles. The van der Waals surface area contributed by atoms with Gasteiger partial charge in [-0.2, -0.15) is 0 Å². The van der Waals surface area contributed by atoms with Gasteiger partial charge in [0.15, 0.2) is 0 Å². The van der Waals surface area contributed by atoms with E-state index in [0.29, 0.717) is 19.0 Å². The number of benzene rings is 1. The lowest BCUT2D eigenvalue weighted by molar-refractivity contribution is 0.190. The number of pyridine rings is 1. The second-order valence-corrected chi connectivity index (χ2v) is 6.50. The summed E-state index contributed by atoms with van der Waals surface area (Å²) in [7, 11) is 0. The fourth-order valence-corrected chi connectivity index (χ4v) is 2.69. The molecule has 3 rings (SSSR count). The van der Waals surface area contributed by atoms with Crippen LogP contribution in [0.25, 0.3) is 0 Å². The van der Waals surface area contributed by atoms with Gasteiger partial charge in [-0.3, -0.25) is 0 Å². The first-order chi connectivity index (χ1) is 11.1. The van der Waals surface area contributed by atoms with Crippen LogP contribution in [0, 0.1) is 6.92 Å². The van der Waals surface area contributed by atoms with E-state index in [1.165, 1.54) is 5.56 Å². The van der Waals surface area contributed by atoms with Gasteiger partial charge in [0.2, 0.25) is 5.88 Å². The van der Waals surface area contributed by atoms with Gasteiger partial charge in [-0.25, -0.2) is 9.78 Å². The SMILES string of the molecule is Cc1ccc(NC(=O)N2CCC(Oc3ccc(Br)cn3)C2)cc1. The van der Waals surface area contributed by atoms with Gasteiger partial charge in [0.05, 0.1) is 6.54 Å². The minimum atomic E-state index is -0.0938. The number of hydrogen-bond donors (Lipinski definition) is 1. The molecule has 1 aromatic heterocycles. The summed E-state index contributed by atoms with van der Waals surface area (Å²) in [5.41, 5.74) is 1.97. The van der Waals surface area contributed by atoms with Gasteiger partial charge in [0.1, 0.15) is 6.10 Å². The summed E-state index contributed by atoms with van der Waals surface area (Å²) in [4.78, 5) is 18.2. The third-order valence-corrected chi connectivity index (χ3v) is 4.19. The van der Waals surface area contributed by atoms with Gasteiger partial charge in [-0.05, 0) is 41.1 Å². The Morgan fingerprint density at radius 2 is 2.09 bits per heavy atom. The van der Waals surface area contributed by atoms with Crippen molar-refractivity contribution in [2.45, 2.75) is 19.4 Å². The van der Waals surface area contributed by atoms with Crippen molar-refractivity contribution >= 4 is 27.6 Å². The zero-order valence-electron chi connectivity index (χ0n) is 12.8. The maximum Gasteiger partial charge on any atom is 0.321 e. The Bertz CT molecular complexity index is 673. The molecule has 2 amide bonds. The number of urea groups is 1. The van der Waals surface area contributed by atoms with E-state index in [4.69, 9.17) is 4.74 Å². The minimum Gasteiger partial charge on any atom is -0.472 e. The molecular formula is C17H18BrN3O2. The third-order valence-electron chi connectivity index (χ3n) is 3.72. The second-order valence-electron chi connectivity index (χ2n) is 5.59. The van der Waals surface area contributed by atoms with E-state index in [1.807, 2.05) is 43.3 Å². The molecule has 0 spiro atoms.